The standard InChI is InChI=1S/C11H13ClF3N3O/c1-10(2,7(19)3-4-11(13,14)15)18-9-6-16-5-8(12)17-9/h5-6H,3-4H2,1-2H3,(H,17,18). The van der Waals surface area contributed by atoms with E-state index in [2.05, 4.69) is 15.3 Å². The summed E-state index contributed by atoms with van der Waals surface area (Å²) in [6.45, 7) is 2.96. The lowest BCUT2D eigenvalue weighted by Crippen LogP contribution is -2.41. The Morgan fingerprint density at radius 1 is 1.37 bits per heavy atom. The number of rotatable bonds is 5. The van der Waals surface area contributed by atoms with Gasteiger partial charge in [-0.05, 0) is 13.8 Å². The van der Waals surface area contributed by atoms with Gasteiger partial charge in [-0.2, -0.15) is 13.2 Å². The second kappa shape index (κ2) is 5.73. The Bertz CT molecular complexity index is 463. The van der Waals surface area contributed by atoms with E-state index in [1.165, 1.54) is 26.2 Å². The number of Topliss-reactive ketones (excluding diaryl/α,β-unsaturated/α-hetero) is 1. The van der Waals surface area contributed by atoms with Gasteiger partial charge in [0, 0.05) is 6.42 Å². The van der Waals surface area contributed by atoms with Gasteiger partial charge in [0.25, 0.3) is 0 Å². The maximum Gasteiger partial charge on any atom is 0.389 e. The van der Waals surface area contributed by atoms with Crippen LogP contribution in [0, 0.1) is 0 Å². The van der Waals surface area contributed by atoms with E-state index in [0.717, 1.165) is 0 Å². The van der Waals surface area contributed by atoms with E-state index in [1.54, 1.807) is 0 Å². The van der Waals surface area contributed by atoms with E-state index in [0.29, 0.717) is 0 Å². The molecule has 19 heavy (non-hydrogen) atoms. The van der Waals surface area contributed by atoms with Gasteiger partial charge in [0.15, 0.2) is 5.78 Å². The summed E-state index contributed by atoms with van der Waals surface area (Å²) in [6, 6.07) is 0. The summed E-state index contributed by atoms with van der Waals surface area (Å²) in [5, 5.41) is 2.85. The van der Waals surface area contributed by atoms with E-state index in [1.807, 2.05) is 0 Å². The van der Waals surface area contributed by atoms with Gasteiger partial charge < -0.3 is 5.32 Å². The molecule has 0 bridgehead atoms. The maximum absolute atomic E-state index is 12.1. The van der Waals surface area contributed by atoms with Crippen molar-refractivity contribution in [2.75, 3.05) is 5.32 Å². The number of halogens is 4. The van der Waals surface area contributed by atoms with Gasteiger partial charge in [-0.15, -0.1) is 0 Å². The molecule has 1 aromatic heterocycles. The quantitative estimate of drug-likeness (QED) is 0.906. The fourth-order valence-electron chi connectivity index (χ4n) is 1.36. The van der Waals surface area contributed by atoms with E-state index >= 15 is 0 Å². The Kier molecular flexibility index (Phi) is 4.73. The molecule has 1 N–H and O–H groups in total. The number of ketones is 1. The van der Waals surface area contributed by atoms with Crippen molar-refractivity contribution in [2.24, 2.45) is 0 Å². The number of nitrogens with zero attached hydrogens (tertiary/aromatic N) is 2. The molecule has 0 aliphatic rings. The van der Waals surface area contributed by atoms with E-state index < -0.39 is 30.3 Å². The Hall–Kier alpha value is -1.37. The van der Waals surface area contributed by atoms with Gasteiger partial charge in [0.2, 0.25) is 0 Å². The number of carbonyl (C=O) groups is 1. The molecule has 0 amide bonds. The molecule has 4 nitrogen and oxygen atoms in total. The minimum atomic E-state index is -4.35. The molecule has 8 heteroatoms. The van der Waals surface area contributed by atoms with Crippen LogP contribution >= 0.6 is 11.6 Å². The second-order valence-corrected chi connectivity index (χ2v) is 4.90. The van der Waals surface area contributed by atoms with E-state index in [-0.39, 0.29) is 11.0 Å². The van der Waals surface area contributed by atoms with Crippen molar-refractivity contribution in [3.63, 3.8) is 0 Å². The molecule has 0 saturated heterocycles. The molecule has 0 aliphatic heterocycles. The summed E-state index contributed by atoms with van der Waals surface area (Å²) in [5.74, 6) is -0.329. The highest BCUT2D eigenvalue weighted by Gasteiger charge is 2.33. The first-order valence-corrected chi connectivity index (χ1v) is 5.84. The van der Waals surface area contributed by atoms with Crippen LogP contribution in [-0.4, -0.2) is 27.5 Å². The summed E-state index contributed by atoms with van der Waals surface area (Å²) in [5.41, 5.74) is -1.18. The van der Waals surface area contributed by atoms with Crippen molar-refractivity contribution in [2.45, 2.75) is 38.4 Å². The van der Waals surface area contributed by atoms with Crippen molar-refractivity contribution < 1.29 is 18.0 Å². The summed E-state index contributed by atoms with van der Waals surface area (Å²) in [7, 11) is 0. The summed E-state index contributed by atoms with van der Waals surface area (Å²) >= 11 is 5.63. The third-order valence-corrected chi connectivity index (χ3v) is 2.56. The van der Waals surface area contributed by atoms with Crippen molar-refractivity contribution in [1.29, 1.82) is 0 Å². The van der Waals surface area contributed by atoms with Crippen LogP contribution in [0.25, 0.3) is 0 Å². The van der Waals surface area contributed by atoms with Gasteiger partial charge >= 0.3 is 6.18 Å². The molecule has 1 heterocycles. The lowest BCUT2D eigenvalue weighted by Gasteiger charge is -2.25. The zero-order valence-electron chi connectivity index (χ0n) is 10.4. The number of carbonyl (C=O) groups excluding carboxylic acids is 1. The predicted octanol–water partition coefficient (Wildman–Crippen LogP) is 3.23. The van der Waals surface area contributed by atoms with Crippen LogP contribution in [0.1, 0.15) is 26.7 Å². The first kappa shape index (κ1) is 15.7. The van der Waals surface area contributed by atoms with Gasteiger partial charge in [-0.3, -0.25) is 9.78 Å². The third kappa shape index (κ3) is 5.42. The first-order valence-electron chi connectivity index (χ1n) is 5.46. The highest BCUT2D eigenvalue weighted by atomic mass is 35.5. The van der Waals surface area contributed by atoms with E-state index in [4.69, 9.17) is 11.6 Å². The number of alkyl halides is 3. The highest BCUT2D eigenvalue weighted by molar-refractivity contribution is 6.29. The van der Waals surface area contributed by atoms with Crippen LogP contribution in [0.5, 0.6) is 0 Å². The number of hydrogen-bond donors (Lipinski definition) is 1. The van der Waals surface area contributed by atoms with Crippen molar-refractivity contribution in [1.82, 2.24) is 9.97 Å². The SMILES string of the molecule is CC(C)(Nc1cncc(Cl)n1)C(=O)CCC(F)(F)F. The second-order valence-electron chi connectivity index (χ2n) is 4.52. The fraction of sp³-hybridized carbons (Fsp3) is 0.545. The largest absolute Gasteiger partial charge is 0.389 e. The molecular weight excluding hydrogens is 283 g/mol. The van der Waals surface area contributed by atoms with Crippen LogP contribution < -0.4 is 5.32 Å². The van der Waals surface area contributed by atoms with E-state index in [9.17, 15) is 18.0 Å². The lowest BCUT2D eigenvalue weighted by molar-refractivity contribution is -0.144. The van der Waals surface area contributed by atoms with Gasteiger partial charge in [-0.1, -0.05) is 11.6 Å². The Balaban J connectivity index is 2.67. The van der Waals surface area contributed by atoms with Crippen molar-refractivity contribution in [3.8, 4) is 0 Å². The van der Waals surface area contributed by atoms with Crippen LogP contribution in [0.15, 0.2) is 12.4 Å². The lowest BCUT2D eigenvalue weighted by atomic mass is 9.95. The summed E-state index contributed by atoms with van der Waals surface area (Å²) in [4.78, 5) is 19.4. The van der Waals surface area contributed by atoms with Crippen molar-refractivity contribution in [3.05, 3.63) is 17.5 Å². The Morgan fingerprint density at radius 3 is 2.53 bits per heavy atom. The van der Waals surface area contributed by atoms with Crippen LogP contribution in [0.2, 0.25) is 5.15 Å². The van der Waals surface area contributed by atoms with Crippen molar-refractivity contribution >= 4 is 23.2 Å². The minimum absolute atomic E-state index is 0.128. The summed E-state index contributed by atoms with van der Waals surface area (Å²) < 4.78 is 36.2. The number of hydrogen-bond acceptors (Lipinski definition) is 4. The molecule has 0 spiro atoms. The molecule has 0 unspecified atom stereocenters. The zero-order chi connectivity index (χ0) is 14.7. The van der Waals surface area contributed by atoms with Crippen LogP contribution in [0.4, 0.5) is 19.0 Å². The van der Waals surface area contributed by atoms with Crippen LogP contribution in [-0.2, 0) is 4.79 Å². The monoisotopic (exact) mass is 295 g/mol. The molecule has 0 aromatic carbocycles. The number of aromatic nitrogens is 2. The van der Waals surface area contributed by atoms with Crippen LogP contribution in [0.3, 0.4) is 0 Å². The van der Waals surface area contributed by atoms with Gasteiger partial charge in [0.05, 0.1) is 24.4 Å². The summed E-state index contributed by atoms with van der Waals surface area (Å²) in [6.07, 6.45) is -3.42. The average molecular weight is 296 g/mol. The molecule has 0 fully saturated rings. The van der Waals surface area contributed by atoms with Gasteiger partial charge in [0.1, 0.15) is 11.0 Å². The Morgan fingerprint density at radius 2 is 2.00 bits per heavy atom. The smallest absolute Gasteiger partial charge is 0.357 e. The maximum atomic E-state index is 12.1. The number of anilines is 1. The molecule has 0 saturated carbocycles. The third-order valence-electron chi connectivity index (χ3n) is 2.38. The predicted molar refractivity (Wildman–Crippen MR) is 65.0 cm³/mol. The molecule has 0 atom stereocenters. The Labute approximate surface area is 113 Å². The zero-order valence-corrected chi connectivity index (χ0v) is 11.1. The first-order chi connectivity index (χ1) is 8.60. The molecule has 0 radical (unpaired) electrons. The average Bonchev–Trinajstić information content (AvgIpc) is 2.24. The molecule has 106 valence electrons. The normalized spacial score (nSPS) is 12.3. The molecule has 1 aromatic rings. The molecular formula is C11H13ClF3N3O. The molecule has 1 rings (SSSR count). The minimum Gasteiger partial charge on any atom is -0.357 e. The highest BCUT2D eigenvalue weighted by Crippen LogP contribution is 2.24. The molecule has 0 aliphatic carbocycles. The fourth-order valence-corrected chi connectivity index (χ4v) is 1.51. The topological polar surface area (TPSA) is 54.9 Å². The van der Waals surface area contributed by atoms with Gasteiger partial charge in [-0.25, -0.2) is 4.98 Å². The number of nitrogens with one attached hydrogen (secondary N) is 1.